The molecule has 1 nitrogen and oxygen atoms in total. The lowest BCUT2D eigenvalue weighted by Gasteiger charge is -2.05. The van der Waals surface area contributed by atoms with Crippen molar-refractivity contribution >= 4 is 11.9 Å². The van der Waals surface area contributed by atoms with Gasteiger partial charge in [-0.3, -0.25) is 4.79 Å². The van der Waals surface area contributed by atoms with Crippen molar-refractivity contribution < 1.29 is 9.18 Å². The average molecular weight is 266 g/mol. The van der Waals surface area contributed by atoms with Gasteiger partial charge in [0.1, 0.15) is 5.82 Å². The number of hydrogen-bond donors (Lipinski definition) is 0. The molecule has 0 saturated heterocycles. The van der Waals surface area contributed by atoms with Crippen molar-refractivity contribution in [2.24, 2.45) is 0 Å². The van der Waals surface area contributed by atoms with Gasteiger partial charge in [0.2, 0.25) is 0 Å². The van der Waals surface area contributed by atoms with Gasteiger partial charge in [-0.15, -0.1) is 0 Å². The maximum atomic E-state index is 13.2. The van der Waals surface area contributed by atoms with Gasteiger partial charge in [0.05, 0.1) is 0 Å². The third-order valence-corrected chi connectivity index (χ3v) is 3.64. The zero-order valence-corrected chi connectivity index (χ0v) is 11.1. The first kappa shape index (κ1) is 12.8. The first-order valence-electron chi connectivity index (χ1n) is 6.83. The highest BCUT2D eigenvalue weighted by Gasteiger charge is 2.19. The molecule has 1 aliphatic carbocycles. The molecule has 0 saturated carbocycles. The van der Waals surface area contributed by atoms with Crippen LogP contribution in [-0.4, -0.2) is 5.78 Å². The molecule has 100 valence electrons. The molecule has 0 atom stereocenters. The molecule has 0 fully saturated rings. The lowest BCUT2D eigenvalue weighted by molar-refractivity contribution is 0.103. The number of allylic oxidation sites excluding steroid dienone is 1. The Hall–Kier alpha value is -2.22. The van der Waals surface area contributed by atoms with E-state index in [0.717, 1.165) is 41.5 Å². The predicted molar refractivity (Wildman–Crippen MR) is 78.1 cm³/mol. The van der Waals surface area contributed by atoms with Gasteiger partial charge < -0.3 is 0 Å². The molecular formula is C18H15FO. The number of hydrogen-bond acceptors (Lipinski definition) is 1. The van der Waals surface area contributed by atoms with Crippen molar-refractivity contribution in [1.82, 2.24) is 0 Å². The molecule has 0 unspecified atom stereocenters. The summed E-state index contributed by atoms with van der Waals surface area (Å²) in [6.07, 6.45) is 4.42. The SMILES string of the molecule is O=C1C(=Cc2cccc(F)c2)CCCc2ccccc21. The van der Waals surface area contributed by atoms with Crippen molar-refractivity contribution in [3.05, 3.63) is 76.6 Å². The first-order chi connectivity index (χ1) is 9.74. The average Bonchev–Trinajstić information content (AvgIpc) is 2.60. The van der Waals surface area contributed by atoms with Crippen LogP contribution in [0.5, 0.6) is 0 Å². The Morgan fingerprint density at radius 2 is 1.85 bits per heavy atom. The van der Waals surface area contributed by atoms with Crippen LogP contribution in [0.3, 0.4) is 0 Å². The topological polar surface area (TPSA) is 17.1 Å². The van der Waals surface area contributed by atoms with Gasteiger partial charge in [-0.2, -0.15) is 0 Å². The van der Waals surface area contributed by atoms with E-state index in [1.807, 2.05) is 36.4 Å². The summed E-state index contributed by atoms with van der Waals surface area (Å²) in [7, 11) is 0. The summed E-state index contributed by atoms with van der Waals surface area (Å²) in [4.78, 5) is 12.6. The molecule has 2 aromatic rings. The number of halogens is 1. The van der Waals surface area contributed by atoms with Crippen LogP contribution < -0.4 is 0 Å². The van der Waals surface area contributed by atoms with Gasteiger partial charge >= 0.3 is 0 Å². The zero-order valence-electron chi connectivity index (χ0n) is 11.1. The molecule has 2 aromatic carbocycles. The second-order valence-corrected chi connectivity index (χ2v) is 5.06. The van der Waals surface area contributed by atoms with E-state index in [1.54, 1.807) is 6.07 Å². The second-order valence-electron chi connectivity index (χ2n) is 5.06. The molecule has 0 spiro atoms. The summed E-state index contributed by atoms with van der Waals surface area (Å²) in [6, 6.07) is 14.1. The van der Waals surface area contributed by atoms with E-state index in [0.29, 0.717) is 0 Å². The van der Waals surface area contributed by atoms with Gasteiger partial charge in [-0.05, 0) is 48.6 Å². The maximum Gasteiger partial charge on any atom is 0.189 e. The van der Waals surface area contributed by atoms with Crippen LogP contribution in [0.2, 0.25) is 0 Å². The summed E-state index contributed by atoms with van der Waals surface area (Å²) in [5.41, 5.74) is 3.40. The molecule has 2 heteroatoms. The summed E-state index contributed by atoms with van der Waals surface area (Å²) in [5, 5.41) is 0. The van der Waals surface area contributed by atoms with E-state index >= 15 is 0 Å². The number of aryl methyl sites for hydroxylation is 1. The number of carbonyl (C=O) groups excluding carboxylic acids is 1. The Labute approximate surface area is 117 Å². The Morgan fingerprint density at radius 1 is 1.00 bits per heavy atom. The molecule has 0 N–H and O–H groups in total. The molecule has 1 aliphatic rings. The normalized spacial score (nSPS) is 16.9. The molecule has 0 bridgehead atoms. The molecule has 3 rings (SSSR count). The van der Waals surface area contributed by atoms with Gasteiger partial charge in [0.25, 0.3) is 0 Å². The largest absolute Gasteiger partial charge is 0.289 e. The maximum absolute atomic E-state index is 13.2. The molecule has 0 heterocycles. The second kappa shape index (κ2) is 5.41. The van der Waals surface area contributed by atoms with E-state index < -0.39 is 0 Å². The number of carbonyl (C=O) groups is 1. The van der Waals surface area contributed by atoms with Crippen LogP contribution >= 0.6 is 0 Å². The van der Waals surface area contributed by atoms with Crippen LogP contribution in [0, 0.1) is 5.82 Å². The van der Waals surface area contributed by atoms with Gasteiger partial charge in [0.15, 0.2) is 5.78 Å². The van der Waals surface area contributed by atoms with Gasteiger partial charge in [-0.25, -0.2) is 4.39 Å². The Kier molecular flexibility index (Phi) is 3.46. The van der Waals surface area contributed by atoms with Gasteiger partial charge in [-0.1, -0.05) is 36.4 Å². The third-order valence-electron chi connectivity index (χ3n) is 3.64. The molecule has 0 aliphatic heterocycles. The summed E-state index contributed by atoms with van der Waals surface area (Å²) < 4.78 is 13.2. The zero-order chi connectivity index (χ0) is 13.9. The fourth-order valence-electron chi connectivity index (χ4n) is 2.65. The lowest BCUT2D eigenvalue weighted by atomic mass is 9.98. The third kappa shape index (κ3) is 2.55. The monoisotopic (exact) mass is 266 g/mol. The highest BCUT2D eigenvalue weighted by atomic mass is 19.1. The van der Waals surface area contributed by atoms with E-state index in [4.69, 9.17) is 0 Å². The van der Waals surface area contributed by atoms with Crippen LogP contribution in [-0.2, 0) is 6.42 Å². The first-order valence-corrected chi connectivity index (χ1v) is 6.83. The lowest BCUT2D eigenvalue weighted by Crippen LogP contribution is -2.03. The van der Waals surface area contributed by atoms with Crippen LogP contribution in [0.15, 0.2) is 54.1 Å². The Balaban J connectivity index is 2.01. The quantitative estimate of drug-likeness (QED) is 0.551. The fourth-order valence-corrected chi connectivity index (χ4v) is 2.65. The van der Waals surface area contributed by atoms with E-state index in [-0.39, 0.29) is 11.6 Å². The number of benzene rings is 2. The van der Waals surface area contributed by atoms with Crippen LogP contribution in [0.1, 0.15) is 34.3 Å². The van der Waals surface area contributed by atoms with Crippen molar-refractivity contribution in [2.45, 2.75) is 19.3 Å². The van der Waals surface area contributed by atoms with E-state index in [9.17, 15) is 9.18 Å². The molecule has 0 aromatic heterocycles. The Morgan fingerprint density at radius 3 is 2.70 bits per heavy atom. The fraction of sp³-hybridized carbons (Fsp3) is 0.167. The minimum Gasteiger partial charge on any atom is -0.289 e. The number of fused-ring (bicyclic) bond motifs is 1. The highest BCUT2D eigenvalue weighted by molar-refractivity contribution is 6.12. The molecular weight excluding hydrogens is 251 g/mol. The molecule has 0 radical (unpaired) electrons. The van der Waals surface area contributed by atoms with Crippen molar-refractivity contribution in [2.75, 3.05) is 0 Å². The Bertz CT molecular complexity index is 685. The number of Topliss-reactive ketones (excluding diaryl/α,β-unsaturated/α-hetero) is 1. The summed E-state index contributed by atoms with van der Waals surface area (Å²) >= 11 is 0. The smallest absolute Gasteiger partial charge is 0.189 e. The van der Waals surface area contributed by atoms with E-state index in [2.05, 4.69) is 0 Å². The molecule has 0 amide bonds. The number of ketones is 1. The van der Waals surface area contributed by atoms with Crippen molar-refractivity contribution in [1.29, 1.82) is 0 Å². The summed E-state index contributed by atoms with van der Waals surface area (Å²) in [5.74, 6) is -0.205. The van der Waals surface area contributed by atoms with E-state index in [1.165, 1.54) is 12.1 Å². The minimum absolute atomic E-state index is 0.0716. The number of rotatable bonds is 1. The summed E-state index contributed by atoms with van der Waals surface area (Å²) in [6.45, 7) is 0. The predicted octanol–water partition coefficient (Wildman–Crippen LogP) is 4.43. The minimum atomic E-state index is -0.277. The van der Waals surface area contributed by atoms with Crippen molar-refractivity contribution in [3.8, 4) is 0 Å². The van der Waals surface area contributed by atoms with Gasteiger partial charge in [0, 0.05) is 11.1 Å². The van der Waals surface area contributed by atoms with Crippen LogP contribution in [0.4, 0.5) is 4.39 Å². The molecule has 20 heavy (non-hydrogen) atoms. The highest BCUT2D eigenvalue weighted by Crippen LogP contribution is 2.25. The van der Waals surface area contributed by atoms with Crippen LogP contribution in [0.25, 0.3) is 6.08 Å². The standard InChI is InChI=1S/C18H15FO/c19-16-9-3-5-13(12-16)11-15-8-4-7-14-6-1-2-10-17(14)18(15)20/h1-3,5-6,9-12H,4,7-8H2. The van der Waals surface area contributed by atoms with Crippen molar-refractivity contribution in [3.63, 3.8) is 0 Å².